The Kier molecular flexibility index (Phi) is 8.12. The summed E-state index contributed by atoms with van der Waals surface area (Å²) in [7, 11) is -1.88. The van der Waals surface area contributed by atoms with E-state index in [4.69, 9.17) is 0 Å². The predicted molar refractivity (Wildman–Crippen MR) is 142 cm³/mol. The summed E-state index contributed by atoms with van der Waals surface area (Å²) in [5, 5.41) is 43.8. The van der Waals surface area contributed by atoms with Crippen molar-refractivity contribution in [3.8, 4) is 11.5 Å². The molecule has 0 atom stereocenters. The number of aromatic hydroxyl groups is 2. The van der Waals surface area contributed by atoms with E-state index in [1.807, 2.05) is 0 Å². The van der Waals surface area contributed by atoms with Crippen molar-refractivity contribution in [1.29, 1.82) is 0 Å². The van der Waals surface area contributed by atoms with Crippen molar-refractivity contribution in [2.24, 2.45) is 0 Å². The van der Waals surface area contributed by atoms with E-state index in [9.17, 15) is 34.7 Å². The summed E-state index contributed by atoms with van der Waals surface area (Å²) in [6.07, 6.45) is 1.61. The topological polar surface area (TPSA) is 144 Å². The summed E-state index contributed by atoms with van der Waals surface area (Å²) < 4.78 is 13.4. The van der Waals surface area contributed by atoms with Crippen molar-refractivity contribution < 1.29 is 24.3 Å². The van der Waals surface area contributed by atoms with Crippen LogP contribution in [0.15, 0.2) is 94.7 Å². The first-order chi connectivity index (χ1) is 18.2. The monoisotopic (exact) mass is 532 g/mol. The number of phenols is 2. The largest absolute Gasteiger partial charge is 0.506 e. The first-order valence-corrected chi connectivity index (χ1v) is 12.9. The maximum Gasteiger partial charge on any atom is 0.269 e. The molecule has 38 heavy (non-hydrogen) atoms. The standard InChI is InChI=1S/C28H24N2O7S/c31-27-21(15-13-19-5-1-9-23(17-19)29(33)34)7-3-11-25(27)38(37)26-12-4-8-22(28(26)32)16-14-20-6-2-10-24(18-20)30(35)36/h1-12,17-18,31-32H,13-16H2. The van der Waals surface area contributed by atoms with E-state index in [1.165, 1.54) is 36.4 Å². The Morgan fingerprint density at radius 2 is 1.00 bits per heavy atom. The number of aryl methyl sites for hydroxylation is 4. The molecule has 0 aliphatic rings. The van der Waals surface area contributed by atoms with Gasteiger partial charge in [0.25, 0.3) is 11.4 Å². The van der Waals surface area contributed by atoms with E-state index in [0.717, 1.165) is 11.1 Å². The molecular formula is C28H24N2O7S. The van der Waals surface area contributed by atoms with Crippen LogP contribution in [0, 0.1) is 20.2 Å². The van der Waals surface area contributed by atoms with Gasteiger partial charge in [-0.3, -0.25) is 20.2 Å². The van der Waals surface area contributed by atoms with Gasteiger partial charge in [-0.15, -0.1) is 0 Å². The molecule has 194 valence electrons. The minimum Gasteiger partial charge on any atom is -0.506 e. The zero-order valence-electron chi connectivity index (χ0n) is 20.1. The first kappa shape index (κ1) is 26.5. The number of nitrogens with zero attached hydrogens (tertiary/aromatic N) is 2. The molecule has 0 aromatic heterocycles. The summed E-state index contributed by atoms with van der Waals surface area (Å²) >= 11 is 0. The molecule has 0 fully saturated rings. The smallest absolute Gasteiger partial charge is 0.269 e. The lowest BCUT2D eigenvalue weighted by Crippen LogP contribution is -2.00. The van der Waals surface area contributed by atoms with Crippen LogP contribution >= 0.6 is 0 Å². The highest BCUT2D eigenvalue weighted by Gasteiger charge is 2.20. The van der Waals surface area contributed by atoms with Gasteiger partial charge < -0.3 is 10.2 Å². The molecule has 9 nitrogen and oxygen atoms in total. The summed E-state index contributed by atoms with van der Waals surface area (Å²) in [6.45, 7) is 0. The number of hydrogen-bond acceptors (Lipinski definition) is 7. The van der Waals surface area contributed by atoms with Crippen LogP contribution in [-0.4, -0.2) is 24.3 Å². The molecule has 0 aliphatic heterocycles. The molecular weight excluding hydrogens is 508 g/mol. The molecule has 0 aliphatic carbocycles. The molecule has 0 bridgehead atoms. The van der Waals surface area contributed by atoms with Crippen molar-refractivity contribution in [2.75, 3.05) is 0 Å². The van der Waals surface area contributed by atoms with E-state index in [-0.39, 0.29) is 32.7 Å². The first-order valence-electron chi connectivity index (χ1n) is 11.7. The third-order valence-corrected chi connectivity index (χ3v) is 7.63. The lowest BCUT2D eigenvalue weighted by atomic mass is 10.0. The highest BCUT2D eigenvalue weighted by molar-refractivity contribution is 7.85. The van der Waals surface area contributed by atoms with E-state index in [0.29, 0.717) is 36.8 Å². The van der Waals surface area contributed by atoms with Gasteiger partial charge >= 0.3 is 0 Å². The van der Waals surface area contributed by atoms with Crippen molar-refractivity contribution in [3.63, 3.8) is 0 Å². The zero-order valence-corrected chi connectivity index (χ0v) is 21.0. The van der Waals surface area contributed by atoms with Crippen LogP contribution in [0.5, 0.6) is 11.5 Å². The third kappa shape index (κ3) is 6.04. The predicted octanol–water partition coefficient (Wildman–Crippen LogP) is 5.65. The van der Waals surface area contributed by atoms with Gasteiger partial charge in [-0.1, -0.05) is 48.5 Å². The van der Waals surface area contributed by atoms with Crippen molar-refractivity contribution in [2.45, 2.75) is 35.5 Å². The molecule has 0 spiro atoms. The Bertz CT molecular complexity index is 1420. The normalized spacial score (nSPS) is 11.0. The fourth-order valence-electron chi connectivity index (χ4n) is 4.17. The van der Waals surface area contributed by atoms with E-state index in [1.54, 1.807) is 48.5 Å². The molecule has 0 heterocycles. The molecule has 0 radical (unpaired) electrons. The Balaban J connectivity index is 1.52. The highest BCUT2D eigenvalue weighted by atomic mass is 32.2. The Morgan fingerprint density at radius 3 is 1.39 bits per heavy atom. The second-order valence-electron chi connectivity index (χ2n) is 8.65. The number of rotatable bonds is 10. The molecule has 0 unspecified atom stereocenters. The summed E-state index contributed by atoms with van der Waals surface area (Å²) in [6, 6.07) is 22.3. The molecule has 4 rings (SSSR count). The number of phenolic OH excluding ortho intramolecular Hbond substituents is 2. The maximum absolute atomic E-state index is 13.4. The molecule has 0 saturated carbocycles. The summed E-state index contributed by atoms with van der Waals surface area (Å²) in [4.78, 5) is 21.4. The van der Waals surface area contributed by atoms with E-state index < -0.39 is 20.6 Å². The average molecular weight is 533 g/mol. The fourth-order valence-corrected chi connectivity index (χ4v) is 5.42. The van der Waals surface area contributed by atoms with Gasteiger partial charge in [0, 0.05) is 24.3 Å². The van der Waals surface area contributed by atoms with Crippen LogP contribution in [0.1, 0.15) is 22.3 Å². The molecule has 10 heteroatoms. The van der Waals surface area contributed by atoms with Gasteiger partial charge in [0.2, 0.25) is 0 Å². The van der Waals surface area contributed by atoms with Gasteiger partial charge in [0.1, 0.15) is 11.5 Å². The number of benzene rings is 4. The zero-order chi connectivity index (χ0) is 27.2. The number of nitro benzene ring substituents is 2. The lowest BCUT2D eigenvalue weighted by molar-refractivity contribution is -0.385. The number of non-ortho nitro benzene ring substituents is 2. The van der Waals surface area contributed by atoms with Gasteiger partial charge in [-0.05, 0) is 60.1 Å². The van der Waals surface area contributed by atoms with E-state index in [2.05, 4.69) is 0 Å². The van der Waals surface area contributed by atoms with Gasteiger partial charge in [0.05, 0.1) is 30.4 Å². The Labute approximate surface area is 220 Å². The van der Waals surface area contributed by atoms with Crippen LogP contribution in [0.3, 0.4) is 0 Å². The van der Waals surface area contributed by atoms with Crippen LogP contribution in [0.4, 0.5) is 11.4 Å². The van der Waals surface area contributed by atoms with Crippen LogP contribution < -0.4 is 0 Å². The maximum atomic E-state index is 13.4. The molecule has 0 saturated heterocycles. The fraction of sp³-hybridized carbons (Fsp3) is 0.143. The lowest BCUT2D eigenvalue weighted by Gasteiger charge is -2.13. The van der Waals surface area contributed by atoms with Crippen LogP contribution in [0.25, 0.3) is 0 Å². The molecule has 4 aromatic rings. The third-order valence-electron chi connectivity index (χ3n) is 6.17. The molecule has 0 amide bonds. The average Bonchev–Trinajstić information content (AvgIpc) is 2.92. The highest BCUT2D eigenvalue weighted by Crippen LogP contribution is 2.35. The second-order valence-corrected chi connectivity index (χ2v) is 10.1. The summed E-state index contributed by atoms with van der Waals surface area (Å²) in [5.74, 6) is -0.310. The molecule has 2 N–H and O–H groups in total. The summed E-state index contributed by atoms with van der Waals surface area (Å²) in [5.41, 5.74) is 2.51. The van der Waals surface area contributed by atoms with Crippen molar-refractivity contribution >= 4 is 22.2 Å². The number of para-hydroxylation sites is 2. The van der Waals surface area contributed by atoms with Gasteiger partial charge in [-0.25, -0.2) is 4.21 Å². The Hall–Kier alpha value is -4.57. The molecule has 4 aromatic carbocycles. The van der Waals surface area contributed by atoms with E-state index >= 15 is 0 Å². The van der Waals surface area contributed by atoms with Crippen molar-refractivity contribution in [3.05, 3.63) is 127 Å². The second kappa shape index (κ2) is 11.7. The minimum atomic E-state index is -1.88. The van der Waals surface area contributed by atoms with Crippen molar-refractivity contribution in [1.82, 2.24) is 0 Å². The van der Waals surface area contributed by atoms with Gasteiger partial charge in [-0.2, -0.15) is 0 Å². The minimum absolute atomic E-state index is 0.0116. The SMILES string of the molecule is O=[N+]([O-])c1cccc(CCc2cccc(S(=O)c3cccc(CCc4cccc([N+](=O)[O-])c4)c3O)c2O)c1. The van der Waals surface area contributed by atoms with Crippen LogP contribution in [0.2, 0.25) is 0 Å². The quantitative estimate of drug-likeness (QED) is 0.198. The Morgan fingerprint density at radius 1 is 0.605 bits per heavy atom. The number of hydrogen-bond donors (Lipinski definition) is 2. The van der Waals surface area contributed by atoms with Gasteiger partial charge in [0.15, 0.2) is 0 Å². The van der Waals surface area contributed by atoms with Crippen LogP contribution in [-0.2, 0) is 36.5 Å². The number of nitro groups is 2.